The summed E-state index contributed by atoms with van der Waals surface area (Å²) in [6.07, 6.45) is 3.19. The molecule has 4 nitrogen and oxygen atoms in total. The fourth-order valence-electron chi connectivity index (χ4n) is 1.15. The van der Waals surface area contributed by atoms with Gasteiger partial charge >= 0.3 is 0 Å². The molecule has 0 N–H and O–H groups in total. The second kappa shape index (κ2) is 3.83. The van der Waals surface area contributed by atoms with Crippen LogP contribution in [-0.2, 0) is 4.74 Å². The summed E-state index contributed by atoms with van der Waals surface area (Å²) < 4.78 is 5.07. The summed E-state index contributed by atoms with van der Waals surface area (Å²) in [4.78, 5) is 7.17. The minimum atomic E-state index is 0.638. The summed E-state index contributed by atoms with van der Waals surface area (Å²) in [5.41, 5.74) is 10.1. The molecule has 1 aliphatic carbocycles. The summed E-state index contributed by atoms with van der Waals surface area (Å²) >= 11 is 0. The van der Waals surface area contributed by atoms with E-state index in [-0.39, 0.29) is 0 Å². The molecule has 1 aliphatic rings. The molecule has 0 unspecified atom stereocenters. The zero-order chi connectivity index (χ0) is 8.97. The highest BCUT2D eigenvalue weighted by Gasteiger charge is 2.19. The number of allylic oxidation sites excluding steroid dienone is 2. The Morgan fingerprint density at radius 2 is 2.33 bits per heavy atom. The van der Waals surface area contributed by atoms with Gasteiger partial charge in [0.15, 0.2) is 0 Å². The molecule has 0 atom stereocenters. The minimum absolute atomic E-state index is 0.638. The fourth-order valence-corrected chi connectivity index (χ4v) is 1.15. The summed E-state index contributed by atoms with van der Waals surface area (Å²) in [5, 5.41) is 0. The van der Waals surface area contributed by atoms with E-state index in [1.54, 1.807) is 20.2 Å². The van der Waals surface area contributed by atoms with Gasteiger partial charge in [-0.3, -0.25) is 4.99 Å². The molecule has 0 radical (unpaired) electrons. The van der Waals surface area contributed by atoms with Crippen molar-refractivity contribution >= 4 is 11.4 Å². The lowest BCUT2D eigenvalue weighted by Crippen LogP contribution is -2.15. The van der Waals surface area contributed by atoms with E-state index in [1.807, 2.05) is 0 Å². The van der Waals surface area contributed by atoms with Crippen molar-refractivity contribution in [3.63, 3.8) is 0 Å². The van der Waals surface area contributed by atoms with E-state index in [4.69, 9.17) is 10.3 Å². The average Bonchev–Trinajstić information content (AvgIpc) is 2.16. The number of rotatable bonds is 1. The van der Waals surface area contributed by atoms with Crippen LogP contribution < -0.4 is 0 Å². The molecule has 0 fully saturated rings. The second-order valence-electron chi connectivity index (χ2n) is 2.47. The van der Waals surface area contributed by atoms with Gasteiger partial charge in [-0.05, 0) is 0 Å². The molecule has 0 aromatic carbocycles. The average molecular weight is 165 g/mol. The quantitative estimate of drug-likeness (QED) is 0.423. The highest BCUT2D eigenvalue weighted by Crippen LogP contribution is 2.12. The molecular weight excluding hydrogens is 154 g/mol. The molecule has 0 aromatic heterocycles. The van der Waals surface area contributed by atoms with Gasteiger partial charge in [0.1, 0.15) is 5.76 Å². The van der Waals surface area contributed by atoms with Crippen molar-refractivity contribution < 1.29 is 9.53 Å². The molecule has 0 spiro atoms. The molecule has 0 amide bonds. The zero-order valence-corrected chi connectivity index (χ0v) is 7.24. The molecule has 1 rings (SSSR count). The number of methoxy groups -OCH3 is 1. The van der Waals surface area contributed by atoms with Crippen LogP contribution in [0.25, 0.3) is 5.53 Å². The molecule has 4 heteroatoms. The molecule has 0 saturated carbocycles. The van der Waals surface area contributed by atoms with E-state index in [0.717, 1.165) is 18.6 Å². The number of hydrogen-bond acceptors (Lipinski definition) is 2. The van der Waals surface area contributed by atoms with Gasteiger partial charge in [0, 0.05) is 13.5 Å². The first-order chi connectivity index (χ1) is 5.81. The highest BCUT2D eigenvalue weighted by atomic mass is 16.5. The SMILES string of the molecule is CN=C1CCC(=[N+]=[N-])C=C1OC. The first-order valence-corrected chi connectivity index (χ1v) is 3.74. The van der Waals surface area contributed by atoms with Gasteiger partial charge in [0.25, 0.3) is 5.71 Å². The first-order valence-electron chi connectivity index (χ1n) is 3.74. The van der Waals surface area contributed by atoms with Gasteiger partial charge in [-0.1, -0.05) is 0 Å². The molecule has 64 valence electrons. The van der Waals surface area contributed by atoms with Crippen molar-refractivity contribution in [2.45, 2.75) is 12.8 Å². The van der Waals surface area contributed by atoms with Crippen LogP contribution in [0.15, 0.2) is 16.8 Å². The number of aliphatic imine (C=N–C) groups is 1. The van der Waals surface area contributed by atoms with Gasteiger partial charge in [0.05, 0.1) is 25.3 Å². The monoisotopic (exact) mass is 165 g/mol. The van der Waals surface area contributed by atoms with E-state index >= 15 is 0 Å². The number of hydrogen-bond donors (Lipinski definition) is 0. The largest absolute Gasteiger partial charge is 0.495 e. The lowest BCUT2D eigenvalue weighted by Gasteiger charge is -2.10. The lowest BCUT2D eigenvalue weighted by atomic mass is 10.0. The van der Waals surface area contributed by atoms with Gasteiger partial charge in [-0.15, -0.1) is 0 Å². The van der Waals surface area contributed by atoms with Crippen LogP contribution >= 0.6 is 0 Å². The lowest BCUT2D eigenvalue weighted by molar-refractivity contribution is -0.00657. The van der Waals surface area contributed by atoms with Crippen molar-refractivity contribution in [3.05, 3.63) is 17.4 Å². The van der Waals surface area contributed by atoms with E-state index in [1.165, 1.54) is 0 Å². The Bertz CT molecular complexity index is 285. The fraction of sp³-hybridized carbons (Fsp3) is 0.500. The smallest absolute Gasteiger partial charge is 0.296 e. The van der Waals surface area contributed by atoms with Crippen LogP contribution in [0.4, 0.5) is 0 Å². The molecular formula is C8H11N3O. The Morgan fingerprint density at radius 3 is 2.83 bits per heavy atom. The van der Waals surface area contributed by atoms with Gasteiger partial charge in [-0.25, -0.2) is 0 Å². The Kier molecular flexibility index (Phi) is 2.77. The summed E-state index contributed by atoms with van der Waals surface area (Å²) in [6, 6.07) is 0. The Labute approximate surface area is 71.2 Å². The summed E-state index contributed by atoms with van der Waals surface area (Å²) in [5.74, 6) is 0.691. The molecule has 0 saturated heterocycles. The molecule has 0 heterocycles. The van der Waals surface area contributed by atoms with Crippen molar-refractivity contribution in [1.29, 1.82) is 0 Å². The van der Waals surface area contributed by atoms with Crippen LogP contribution in [0.5, 0.6) is 0 Å². The molecule has 0 bridgehead atoms. The third-order valence-corrected chi connectivity index (χ3v) is 1.82. The van der Waals surface area contributed by atoms with Gasteiger partial charge < -0.3 is 10.3 Å². The van der Waals surface area contributed by atoms with E-state index in [9.17, 15) is 0 Å². The van der Waals surface area contributed by atoms with Gasteiger partial charge in [0.2, 0.25) is 0 Å². The number of ether oxygens (including phenoxy) is 1. The summed E-state index contributed by atoms with van der Waals surface area (Å²) in [7, 11) is 3.31. The maximum Gasteiger partial charge on any atom is 0.296 e. The molecule has 12 heavy (non-hydrogen) atoms. The third kappa shape index (κ3) is 1.60. The van der Waals surface area contributed by atoms with Crippen molar-refractivity contribution in [3.8, 4) is 0 Å². The minimum Gasteiger partial charge on any atom is -0.495 e. The van der Waals surface area contributed by atoms with E-state index < -0.39 is 0 Å². The topological polar surface area (TPSA) is 58.0 Å². The Morgan fingerprint density at radius 1 is 1.58 bits per heavy atom. The van der Waals surface area contributed by atoms with E-state index in [2.05, 4.69) is 9.78 Å². The summed E-state index contributed by atoms with van der Waals surface area (Å²) in [6.45, 7) is 0. The third-order valence-electron chi connectivity index (χ3n) is 1.82. The normalized spacial score (nSPS) is 20.3. The van der Waals surface area contributed by atoms with Crippen LogP contribution in [0.2, 0.25) is 0 Å². The Hall–Kier alpha value is -1.41. The Balaban J connectivity index is 2.99. The van der Waals surface area contributed by atoms with Crippen molar-refractivity contribution in [2.24, 2.45) is 4.99 Å². The predicted molar refractivity (Wildman–Crippen MR) is 46.3 cm³/mol. The zero-order valence-electron chi connectivity index (χ0n) is 7.24. The van der Waals surface area contributed by atoms with Gasteiger partial charge in [-0.2, -0.15) is 4.79 Å². The predicted octanol–water partition coefficient (Wildman–Crippen LogP) is 1.05. The van der Waals surface area contributed by atoms with Crippen molar-refractivity contribution in [2.75, 3.05) is 14.2 Å². The van der Waals surface area contributed by atoms with Crippen molar-refractivity contribution in [1.82, 2.24) is 0 Å². The molecule has 0 aromatic rings. The maximum absolute atomic E-state index is 8.51. The van der Waals surface area contributed by atoms with E-state index in [0.29, 0.717) is 11.5 Å². The second-order valence-corrected chi connectivity index (χ2v) is 2.47. The first kappa shape index (κ1) is 8.68. The molecule has 0 aliphatic heterocycles. The highest BCUT2D eigenvalue weighted by molar-refractivity contribution is 6.09. The van der Waals surface area contributed by atoms with Crippen LogP contribution in [-0.4, -0.2) is 30.4 Å². The van der Waals surface area contributed by atoms with Crippen LogP contribution in [0.1, 0.15) is 12.8 Å². The standard InChI is InChI=1S/C8H11N3O/c1-10-7-4-3-6(11-9)5-8(7)12-2/h5H,3-4H2,1-2H3. The maximum atomic E-state index is 8.51. The van der Waals surface area contributed by atoms with Crippen LogP contribution in [0, 0.1) is 0 Å². The number of nitrogens with zero attached hydrogens (tertiary/aromatic N) is 3. The van der Waals surface area contributed by atoms with Crippen LogP contribution in [0.3, 0.4) is 0 Å².